The van der Waals surface area contributed by atoms with Crippen LogP contribution in [-0.2, 0) is 17.4 Å². The minimum atomic E-state index is -4.58. The van der Waals surface area contributed by atoms with Crippen molar-refractivity contribution in [2.45, 2.75) is 12.6 Å². The first kappa shape index (κ1) is 16.9. The van der Waals surface area contributed by atoms with E-state index >= 15 is 0 Å². The van der Waals surface area contributed by atoms with Crippen LogP contribution in [0.15, 0.2) is 42.5 Å². The molecule has 1 N–H and O–H groups in total. The monoisotopic (exact) mass is 337 g/mol. The molecule has 2 nitrogen and oxygen atoms in total. The molecule has 1 amide bonds. The van der Waals surface area contributed by atoms with Gasteiger partial charge in [-0.15, -0.1) is 6.42 Å². The third-order valence-electron chi connectivity index (χ3n) is 3.01. The molecule has 0 aliphatic carbocycles. The zero-order valence-electron chi connectivity index (χ0n) is 11.7. The highest BCUT2D eigenvalue weighted by Crippen LogP contribution is 2.36. The van der Waals surface area contributed by atoms with Crippen LogP contribution in [0.4, 0.5) is 18.9 Å². The van der Waals surface area contributed by atoms with Crippen LogP contribution in [0.5, 0.6) is 0 Å². The Hall–Kier alpha value is -2.45. The summed E-state index contributed by atoms with van der Waals surface area (Å²) in [5.74, 6) is 2.00. The lowest BCUT2D eigenvalue weighted by Crippen LogP contribution is -2.15. The van der Waals surface area contributed by atoms with Gasteiger partial charge in [0.05, 0.1) is 17.0 Å². The van der Waals surface area contributed by atoms with Gasteiger partial charge in [0.1, 0.15) is 0 Å². The second kappa shape index (κ2) is 6.76. The van der Waals surface area contributed by atoms with E-state index in [2.05, 4.69) is 11.2 Å². The number of rotatable bonds is 3. The van der Waals surface area contributed by atoms with Gasteiger partial charge >= 0.3 is 6.18 Å². The first-order valence-electron chi connectivity index (χ1n) is 6.52. The largest absolute Gasteiger partial charge is 0.417 e. The molecule has 0 fully saturated rings. The van der Waals surface area contributed by atoms with Crippen LogP contribution in [0.1, 0.15) is 16.7 Å². The Balaban J connectivity index is 2.13. The summed E-state index contributed by atoms with van der Waals surface area (Å²) in [5, 5.41) is 2.00. The van der Waals surface area contributed by atoms with Crippen LogP contribution in [0.3, 0.4) is 0 Å². The number of hydrogen-bond donors (Lipinski definition) is 1. The van der Waals surface area contributed by atoms with Gasteiger partial charge < -0.3 is 5.32 Å². The molecular formula is C17H11ClF3NO. The molecule has 0 unspecified atom stereocenters. The van der Waals surface area contributed by atoms with E-state index in [0.717, 1.165) is 12.1 Å². The summed E-state index contributed by atoms with van der Waals surface area (Å²) in [4.78, 5) is 12.0. The summed E-state index contributed by atoms with van der Waals surface area (Å²) in [6.07, 6.45) is 0.690. The molecule has 6 heteroatoms. The third-order valence-corrected chi connectivity index (χ3v) is 3.34. The molecule has 118 valence electrons. The quantitative estimate of drug-likeness (QED) is 0.820. The number of amides is 1. The maximum atomic E-state index is 12.8. The van der Waals surface area contributed by atoms with Gasteiger partial charge in [0, 0.05) is 11.3 Å². The van der Waals surface area contributed by atoms with Crippen molar-refractivity contribution in [3.63, 3.8) is 0 Å². The van der Waals surface area contributed by atoms with Crippen molar-refractivity contribution >= 4 is 23.2 Å². The Morgan fingerprint density at radius 1 is 1.22 bits per heavy atom. The number of alkyl halides is 3. The molecule has 2 aromatic carbocycles. The van der Waals surface area contributed by atoms with E-state index in [0.29, 0.717) is 11.1 Å². The van der Waals surface area contributed by atoms with E-state index in [1.54, 1.807) is 24.3 Å². The Bertz CT molecular complexity index is 778. The fourth-order valence-electron chi connectivity index (χ4n) is 1.98. The van der Waals surface area contributed by atoms with Gasteiger partial charge in [0.25, 0.3) is 0 Å². The second-order valence-electron chi connectivity index (χ2n) is 4.76. The number of carbonyl (C=O) groups excluding carboxylic acids is 1. The van der Waals surface area contributed by atoms with Crippen molar-refractivity contribution in [2.24, 2.45) is 0 Å². The first-order valence-corrected chi connectivity index (χ1v) is 6.89. The highest BCUT2D eigenvalue weighted by atomic mass is 35.5. The van der Waals surface area contributed by atoms with Crippen LogP contribution < -0.4 is 5.32 Å². The Morgan fingerprint density at radius 3 is 2.61 bits per heavy atom. The van der Waals surface area contributed by atoms with Gasteiger partial charge in [-0.3, -0.25) is 4.79 Å². The maximum absolute atomic E-state index is 12.8. The highest BCUT2D eigenvalue weighted by molar-refractivity contribution is 6.31. The third kappa shape index (κ3) is 4.51. The van der Waals surface area contributed by atoms with Gasteiger partial charge in [0.15, 0.2) is 0 Å². The summed E-state index contributed by atoms with van der Waals surface area (Å²) in [6.45, 7) is 0. The first-order chi connectivity index (χ1) is 10.8. The van der Waals surface area contributed by atoms with Crippen LogP contribution in [0.2, 0.25) is 5.02 Å². The van der Waals surface area contributed by atoms with Crippen LogP contribution in [-0.4, -0.2) is 5.91 Å². The van der Waals surface area contributed by atoms with E-state index in [9.17, 15) is 18.0 Å². The predicted octanol–water partition coefficient (Wildman–Crippen LogP) is 4.52. The van der Waals surface area contributed by atoms with Crippen LogP contribution in [0.25, 0.3) is 0 Å². The minimum Gasteiger partial charge on any atom is -0.326 e. The summed E-state index contributed by atoms with van der Waals surface area (Å²) in [6, 6.07) is 10.0. The van der Waals surface area contributed by atoms with Crippen LogP contribution >= 0.6 is 11.6 Å². The number of benzene rings is 2. The predicted molar refractivity (Wildman–Crippen MR) is 83.2 cm³/mol. The molecule has 0 aliphatic heterocycles. The number of carbonyl (C=O) groups is 1. The summed E-state index contributed by atoms with van der Waals surface area (Å²) < 4.78 is 38.3. The number of halogens is 4. The topological polar surface area (TPSA) is 29.1 Å². The smallest absolute Gasteiger partial charge is 0.326 e. The molecular weight excluding hydrogens is 327 g/mol. The van der Waals surface area contributed by atoms with Crippen molar-refractivity contribution in [1.82, 2.24) is 0 Å². The molecule has 0 saturated heterocycles. The van der Waals surface area contributed by atoms with Crippen LogP contribution in [0, 0.1) is 12.3 Å². The van der Waals surface area contributed by atoms with Gasteiger partial charge in [-0.25, -0.2) is 0 Å². The summed E-state index contributed by atoms with van der Waals surface area (Å²) >= 11 is 5.53. The normalized spacial score (nSPS) is 10.9. The number of terminal acetylenes is 1. The Morgan fingerprint density at radius 2 is 1.96 bits per heavy atom. The lowest BCUT2D eigenvalue weighted by Gasteiger charge is -2.12. The van der Waals surface area contributed by atoms with Crippen molar-refractivity contribution < 1.29 is 18.0 Å². The standard InChI is InChI=1S/C17H11ClF3NO/c1-2-11-4-3-5-12(8-11)9-16(23)22-13-6-7-15(18)14(10-13)17(19,20)21/h1,3-8,10H,9H2,(H,22,23). The lowest BCUT2D eigenvalue weighted by molar-refractivity contribution is -0.137. The van der Waals surface area contributed by atoms with Gasteiger partial charge in [-0.1, -0.05) is 29.7 Å². The SMILES string of the molecule is C#Cc1cccc(CC(=O)Nc2ccc(Cl)c(C(F)(F)F)c2)c1. The molecule has 2 rings (SSSR count). The molecule has 2 aromatic rings. The number of nitrogens with one attached hydrogen (secondary N) is 1. The number of hydrogen-bond acceptors (Lipinski definition) is 1. The summed E-state index contributed by atoms with van der Waals surface area (Å²) in [5.41, 5.74) is 0.329. The van der Waals surface area contributed by atoms with E-state index in [4.69, 9.17) is 18.0 Å². The van der Waals surface area contributed by atoms with E-state index in [1.165, 1.54) is 6.07 Å². The van der Waals surface area contributed by atoms with Gasteiger partial charge in [-0.2, -0.15) is 13.2 Å². The number of anilines is 1. The Labute approximate surface area is 136 Å². The minimum absolute atomic E-state index is 0.000498. The molecule has 0 radical (unpaired) electrons. The fourth-order valence-corrected chi connectivity index (χ4v) is 2.21. The lowest BCUT2D eigenvalue weighted by atomic mass is 10.1. The van der Waals surface area contributed by atoms with E-state index in [1.807, 2.05) is 0 Å². The zero-order chi connectivity index (χ0) is 17.0. The summed E-state index contributed by atoms with van der Waals surface area (Å²) in [7, 11) is 0. The average molecular weight is 338 g/mol. The molecule has 0 aromatic heterocycles. The van der Waals surface area contributed by atoms with Gasteiger partial charge in [0.2, 0.25) is 5.91 Å². The zero-order valence-corrected chi connectivity index (χ0v) is 12.5. The second-order valence-corrected chi connectivity index (χ2v) is 5.17. The van der Waals surface area contributed by atoms with Crippen molar-refractivity contribution in [3.8, 4) is 12.3 Å². The van der Waals surface area contributed by atoms with E-state index < -0.39 is 22.7 Å². The molecule has 0 saturated carbocycles. The molecule has 0 aliphatic rings. The molecule has 0 bridgehead atoms. The highest BCUT2D eigenvalue weighted by Gasteiger charge is 2.33. The van der Waals surface area contributed by atoms with Crippen molar-refractivity contribution in [2.75, 3.05) is 5.32 Å². The van der Waals surface area contributed by atoms with Crippen molar-refractivity contribution in [1.29, 1.82) is 0 Å². The fraction of sp³-hybridized carbons (Fsp3) is 0.118. The van der Waals surface area contributed by atoms with Crippen molar-refractivity contribution in [3.05, 3.63) is 64.2 Å². The molecule has 0 heterocycles. The molecule has 0 spiro atoms. The molecule has 0 atom stereocenters. The average Bonchev–Trinajstić information content (AvgIpc) is 2.48. The molecule has 23 heavy (non-hydrogen) atoms. The van der Waals surface area contributed by atoms with E-state index in [-0.39, 0.29) is 12.1 Å². The Kier molecular flexibility index (Phi) is 4.97. The van der Waals surface area contributed by atoms with Gasteiger partial charge in [-0.05, 0) is 35.9 Å². The maximum Gasteiger partial charge on any atom is 0.417 e.